The number of rotatable bonds is 6. The SMILES string of the molecule is CCc1ccccc1NCCC(=O)Nc1ccc(C(F)(F)F)cc1. The molecule has 0 aliphatic carbocycles. The molecule has 0 saturated heterocycles. The molecular formula is C18H19F3N2O. The molecule has 0 saturated carbocycles. The van der Waals surface area contributed by atoms with E-state index in [4.69, 9.17) is 0 Å². The van der Waals surface area contributed by atoms with E-state index in [0.29, 0.717) is 12.2 Å². The first-order chi connectivity index (χ1) is 11.4. The van der Waals surface area contributed by atoms with E-state index in [1.807, 2.05) is 24.3 Å². The number of carbonyl (C=O) groups is 1. The molecule has 0 aliphatic heterocycles. The summed E-state index contributed by atoms with van der Waals surface area (Å²) in [5.74, 6) is -0.253. The third kappa shape index (κ3) is 5.01. The molecule has 0 heterocycles. The van der Waals surface area contributed by atoms with Crippen molar-refractivity contribution in [2.75, 3.05) is 17.2 Å². The largest absolute Gasteiger partial charge is 0.416 e. The first-order valence-corrected chi connectivity index (χ1v) is 7.69. The van der Waals surface area contributed by atoms with Crippen molar-refractivity contribution in [2.24, 2.45) is 0 Å². The average Bonchev–Trinajstić information content (AvgIpc) is 2.55. The maximum absolute atomic E-state index is 12.5. The van der Waals surface area contributed by atoms with Crippen LogP contribution < -0.4 is 10.6 Å². The summed E-state index contributed by atoms with van der Waals surface area (Å²) >= 11 is 0. The van der Waals surface area contributed by atoms with Gasteiger partial charge in [-0.3, -0.25) is 4.79 Å². The second kappa shape index (κ2) is 7.86. The number of amides is 1. The Kier molecular flexibility index (Phi) is 5.84. The van der Waals surface area contributed by atoms with Gasteiger partial charge in [0, 0.05) is 24.3 Å². The lowest BCUT2D eigenvalue weighted by molar-refractivity contribution is -0.137. The molecule has 0 aromatic heterocycles. The lowest BCUT2D eigenvalue weighted by Gasteiger charge is -2.11. The van der Waals surface area contributed by atoms with Crippen LogP contribution in [-0.4, -0.2) is 12.5 Å². The summed E-state index contributed by atoms with van der Waals surface area (Å²) in [6.45, 7) is 2.50. The Hall–Kier alpha value is -2.50. The number of hydrogen-bond acceptors (Lipinski definition) is 2. The van der Waals surface area contributed by atoms with Crippen LogP contribution in [0.25, 0.3) is 0 Å². The first kappa shape index (κ1) is 17.8. The van der Waals surface area contributed by atoms with E-state index in [-0.39, 0.29) is 12.3 Å². The molecule has 0 radical (unpaired) electrons. The van der Waals surface area contributed by atoms with Crippen LogP contribution in [0.4, 0.5) is 24.5 Å². The van der Waals surface area contributed by atoms with Gasteiger partial charge in [-0.2, -0.15) is 13.2 Å². The van der Waals surface area contributed by atoms with Crippen molar-refractivity contribution < 1.29 is 18.0 Å². The van der Waals surface area contributed by atoms with Gasteiger partial charge < -0.3 is 10.6 Å². The Morgan fingerprint density at radius 1 is 1.04 bits per heavy atom. The summed E-state index contributed by atoms with van der Waals surface area (Å²) in [4.78, 5) is 11.9. The molecule has 2 aromatic rings. The van der Waals surface area contributed by atoms with Crippen molar-refractivity contribution >= 4 is 17.3 Å². The van der Waals surface area contributed by atoms with Crippen molar-refractivity contribution in [3.63, 3.8) is 0 Å². The van der Waals surface area contributed by atoms with Crippen LogP contribution in [0.2, 0.25) is 0 Å². The highest BCUT2D eigenvalue weighted by Gasteiger charge is 2.29. The molecule has 6 heteroatoms. The summed E-state index contributed by atoms with van der Waals surface area (Å²) < 4.78 is 37.4. The molecule has 0 aliphatic rings. The van der Waals surface area contributed by atoms with Crippen LogP contribution in [0.5, 0.6) is 0 Å². The van der Waals surface area contributed by atoms with Crippen LogP contribution in [0.1, 0.15) is 24.5 Å². The summed E-state index contributed by atoms with van der Waals surface area (Å²) in [5, 5.41) is 5.79. The van der Waals surface area contributed by atoms with E-state index in [9.17, 15) is 18.0 Å². The second-order valence-corrected chi connectivity index (χ2v) is 5.31. The van der Waals surface area contributed by atoms with Gasteiger partial charge in [0.05, 0.1) is 5.56 Å². The van der Waals surface area contributed by atoms with Crippen molar-refractivity contribution in [1.82, 2.24) is 0 Å². The van der Waals surface area contributed by atoms with Crippen molar-refractivity contribution in [3.05, 3.63) is 59.7 Å². The molecule has 0 atom stereocenters. The molecule has 0 unspecified atom stereocenters. The number of carbonyl (C=O) groups excluding carboxylic acids is 1. The number of benzene rings is 2. The Balaban J connectivity index is 1.83. The minimum absolute atomic E-state index is 0.221. The molecule has 2 aromatic carbocycles. The van der Waals surface area contributed by atoms with Gasteiger partial charge in [0.15, 0.2) is 0 Å². The number of nitrogens with one attached hydrogen (secondary N) is 2. The lowest BCUT2D eigenvalue weighted by atomic mass is 10.1. The molecule has 0 bridgehead atoms. The average molecular weight is 336 g/mol. The third-order valence-corrected chi connectivity index (χ3v) is 3.56. The predicted octanol–water partition coefficient (Wildman–Crippen LogP) is 4.71. The molecule has 128 valence electrons. The van der Waals surface area contributed by atoms with Gasteiger partial charge >= 0.3 is 6.18 Å². The van der Waals surface area contributed by atoms with Crippen molar-refractivity contribution in [2.45, 2.75) is 25.9 Å². The van der Waals surface area contributed by atoms with Gasteiger partial charge in [-0.25, -0.2) is 0 Å². The minimum atomic E-state index is -4.38. The molecular weight excluding hydrogens is 317 g/mol. The summed E-state index contributed by atoms with van der Waals surface area (Å²) in [6.07, 6.45) is -3.26. The van der Waals surface area contributed by atoms with E-state index in [1.54, 1.807) is 0 Å². The van der Waals surface area contributed by atoms with E-state index in [1.165, 1.54) is 17.7 Å². The number of para-hydroxylation sites is 1. The maximum atomic E-state index is 12.5. The van der Waals surface area contributed by atoms with Crippen LogP contribution in [0, 0.1) is 0 Å². The van der Waals surface area contributed by atoms with E-state index in [0.717, 1.165) is 24.2 Å². The number of aryl methyl sites for hydroxylation is 1. The standard InChI is InChI=1S/C18H19F3N2O/c1-2-13-5-3-4-6-16(13)22-12-11-17(24)23-15-9-7-14(8-10-15)18(19,20)21/h3-10,22H,2,11-12H2,1H3,(H,23,24). The monoisotopic (exact) mass is 336 g/mol. The van der Waals surface area contributed by atoms with Gasteiger partial charge in [-0.15, -0.1) is 0 Å². The summed E-state index contributed by atoms with van der Waals surface area (Å²) in [6, 6.07) is 12.3. The van der Waals surface area contributed by atoms with Gasteiger partial charge in [0.25, 0.3) is 0 Å². The Bertz CT molecular complexity index is 681. The fraction of sp³-hybridized carbons (Fsp3) is 0.278. The van der Waals surface area contributed by atoms with Crippen LogP contribution in [-0.2, 0) is 17.4 Å². The Labute approximate surface area is 138 Å². The molecule has 3 nitrogen and oxygen atoms in total. The van der Waals surface area contributed by atoms with Gasteiger partial charge in [-0.05, 0) is 42.3 Å². The fourth-order valence-electron chi connectivity index (χ4n) is 2.28. The summed E-state index contributed by atoms with van der Waals surface area (Å²) in [7, 11) is 0. The second-order valence-electron chi connectivity index (χ2n) is 5.31. The third-order valence-electron chi connectivity index (χ3n) is 3.56. The number of halogens is 3. The molecule has 1 amide bonds. The smallest absolute Gasteiger partial charge is 0.384 e. The highest BCUT2D eigenvalue weighted by Crippen LogP contribution is 2.29. The number of alkyl halides is 3. The highest BCUT2D eigenvalue weighted by molar-refractivity contribution is 5.91. The van der Waals surface area contributed by atoms with Crippen LogP contribution >= 0.6 is 0 Å². The quantitative estimate of drug-likeness (QED) is 0.802. The Morgan fingerprint density at radius 2 is 1.71 bits per heavy atom. The zero-order valence-electron chi connectivity index (χ0n) is 13.3. The van der Waals surface area contributed by atoms with E-state index in [2.05, 4.69) is 17.6 Å². The normalized spacial score (nSPS) is 11.2. The zero-order valence-corrected chi connectivity index (χ0v) is 13.3. The van der Waals surface area contributed by atoms with E-state index < -0.39 is 11.7 Å². The van der Waals surface area contributed by atoms with Gasteiger partial charge in [-0.1, -0.05) is 25.1 Å². The zero-order chi connectivity index (χ0) is 17.6. The molecule has 0 fully saturated rings. The summed E-state index contributed by atoms with van der Waals surface area (Å²) in [5.41, 5.74) is 1.77. The first-order valence-electron chi connectivity index (χ1n) is 7.69. The highest BCUT2D eigenvalue weighted by atomic mass is 19.4. The maximum Gasteiger partial charge on any atom is 0.416 e. The lowest BCUT2D eigenvalue weighted by Crippen LogP contribution is -2.16. The Morgan fingerprint density at radius 3 is 2.33 bits per heavy atom. The van der Waals surface area contributed by atoms with Crippen molar-refractivity contribution in [3.8, 4) is 0 Å². The number of hydrogen-bond donors (Lipinski definition) is 2. The topological polar surface area (TPSA) is 41.1 Å². The van der Waals surface area contributed by atoms with E-state index >= 15 is 0 Å². The molecule has 24 heavy (non-hydrogen) atoms. The molecule has 0 spiro atoms. The van der Waals surface area contributed by atoms with Gasteiger partial charge in [0.1, 0.15) is 0 Å². The fourth-order valence-corrected chi connectivity index (χ4v) is 2.28. The van der Waals surface area contributed by atoms with Crippen LogP contribution in [0.15, 0.2) is 48.5 Å². The van der Waals surface area contributed by atoms with Crippen LogP contribution in [0.3, 0.4) is 0 Å². The molecule has 2 N–H and O–H groups in total. The van der Waals surface area contributed by atoms with Crippen molar-refractivity contribution in [1.29, 1.82) is 0 Å². The van der Waals surface area contributed by atoms with Gasteiger partial charge in [0.2, 0.25) is 5.91 Å². The minimum Gasteiger partial charge on any atom is -0.384 e. The number of anilines is 2. The predicted molar refractivity (Wildman–Crippen MR) is 89.0 cm³/mol. The molecule has 2 rings (SSSR count).